The SMILES string of the molecule is O=C(O)c1ccc(Br)cc1NCCCO. The Morgan fingerprint density at radius 3 is 2.80 bits per heavy atom. The van der Waals surface area contributed by atoms with Gasteiger partial charge in [-0.1, -0.05) is 15.9 Å². The maximum absolute atomic E-state index is 10.9. The number of rotatable bonds is 5. The van der Waals surface area contributed by atoms with E-state index in [-0.39, 0.29) is 12.2 Å². The van der Waals surface area contributed by atoms with Crippen LogP contribution in [-0.2, 0) is 0 Å². The molecule has 0 bridgehead atoms. The summed E-state index contributed by atoms with van der Waals surface area (Å²) in [6.45, 7) is 0.636. The second-order valence-corrected chi connectivity index (χ2v) is 3.91. The van der Waals surface area contributed by atoms with Crippen LogP contribution in [0.3, 0.4) is 0 Å². The Bertz CT molecular complexity index is 355. The molecule has 5 heteroatoms. The van der Waals surface area contributed by atoms with Crippen molar-refractivity contribution in [2.75, 3.05) is 18.5 Å². The first-order chi connectivity index (χ1) is 7.15. The van der Waals surface area contributed by atoms with Crippen molar-refractivity contribution in [1.29, 1.82) is 0 Å². The number of hydrogen-bond acceptors (Lipinski definition) is 3. The van der Waals surface area contributed by atoms with Gasteiger partial charge < -0.3 is 15.5 Å². The topological polar surface area (TPSA) is 69.6 Å². The number of hydrogen-bond donors (Lipinski definition) is 3. The summed E-state index contributed by atoms with van der Waals surface area (Å²) in [5.74, 6) is -0.964. The summed E-state index contributed by atoms with van der Waals surface area (Å²) in [5.41, 5.74) is 0.793. The van der Waals surface area contributed by atoms with E-state index in [4.69, 9.17) is 10.2 Å². The number of carboxylic acids is 1. The molecule has 0 heterocycles. The Morgan fingerprint density at radius 2 is 2.20 bits per heavy atom. The molecule has 0 fully saturated rings. The molecule has 0 spiro atoms. The van der Waals surface area contributed by atoms with Gasteiger partial charge in [0.25, 0.3) is 0 Å². The van der Waals surface area contributed by atoms with Crippen LogP contribution in [0.5, 0.6) is 0 Å². The molecule has 4 nitrogen and oxygen atoms in total. The minimum atomic E-state index is -0.964. The minimum absolute atomic E-state index is 0.0867. The molecule has 0 saturated heterocycles. The third-order valence-corrected chi connectivity index (χ3v) is 2.36. The number of aliphatic hydroxyl groups excluding tert-OH is 1. The fraction of sp³-hybridized carbons (Fsp3) is 0.300. The zero-order valence-corrected chi connectivity index (χ0v) is 9.62. The third-order valence-electron chi connectivity index (χ3n) is 1.86. The number of nitrogens with one attached hydrogen (secondary N) is 1. The Balaban J connectivity index is 2.82. The third kappa shape index (κ3) is 3.53. The number of benzene rings is 1. The summed E-state index contributed by atoms with van der Waals surface area (Å²) in [4.78, 5) is 10.9. The van der Waals surface area contributed by atoms with E-state index in [9.17, 15) is 4.79 Å². The maximum Gasteiger partial charge on any atom is 0.337 e. The fourth-order valence-corrected chi connectivity index (χ4v) is 1.51. The zero-order chi connectivity index (χ0) is 11.3. The van der Waals surface area contributed by atoms with Crippen molar-refractivity contribution in [3.05, 3.63) is 28.2 Å². The molecule has 0 aliphatic carbocycles. The van der Waals surface area contributed by atoms with Crippen LogP contribution in [0.2, 0.25) is 0 Å². The Hall–Kier alpha value is -1.07. The molecular formula is C10H12BrNO3. The molecule has 15 heavy (non-hydrogen) atoms. The van der Waals surface area contributed by atoms with Gasteiger partial charge in [-0.15, -0.1) is 0 Å². The molecule has 0 aliphatic rings. The van der Waals surface area contributed by atoms with E-state index in [1.807, 2.05) is 0 Å². The Kier molecular flexibility index (Phi) is 4.58. The van der Waals surface area contributed by atoms with Gasteiger partial charge in [0.2, 0.25) is 0 Å². The van der Waals surface area contributed by atoms with Crippen molar-refractivity contribution in [3.8, 4) is 0 Å². The summed E-state index contributed by atoms with van der Waals surface area (Å²) >= 11 is 3.27. The van der Waals surface area contributed by atoms with Crippen LogP contribution in [0.1, 0.15) is 16.8 Å². The number of aliphatic hydroxyl groups is 1. The number of aromatic carboxylic acids is 1. The van der Waals surface area contributed by atoms with E-state index < -0.39 is 5.97 Å². The van der Waals surface area contributed by atoms with Crippen molar-refractivity contribution in [2.24, 2.45) is 0 Å². The van der Waals surface area contributed by atoms with E-state index in [2.05, 4.69) is 21.2 Å². The standard InChI is InChI=1S/C10H12BrNO3/c11-7-2-3-8(10(14)15)9(6-7)12-4-1-5-13/h2-3,6,12-13H,1,4-5H2,(H,14,15). The van der Waals surface area contributed by atoms with Crippen LogP contribution in [-0.4, -0.2) is 29.3 Å². The second-order valence-electron chi connectivity index (χ2n) is 3.00. The van der Waals surface area contributed by atoms with Crippen LogP contribution in [0, 0.1) is 0 Å². The first-order valence-corrected chi connectivity index (χ1v) is 5.32. The molecule has 0 radical (unpaired) electrons. The second kappa shape index (κ2) is 5.72. The van der Waals surface area contributed by atoms with E-state index >= 15 is 0 Å². The van der Waals surface area contributed by atoms with Gasteiger partial charge in [-0.25, -0.2) is 4.79 Å². The highest BCUT2D eigenvalue weighted by Crippen LogP contribution is 2.21. The van der Waals surface area contributed by atoms with Gasteiger partial charge in [0, 0.05) is 23.3 Å². The molecule has 0 aliphatic heterocycles. The molecule has 82 valence electrons. The quantitative estimate of drug-likeness (QED) is 0.718. The first-order valence-electron chi connectivity index (χ1n) is 4.52. The molecule has 0 unspecified atom stereocenters. The monoisotopic (exact) mass is 273 g/mol. The normalized spacial score (nSPS) is 10.0. The molecular weight excluding hydrogens is 262 g/mol. The lowest BCUT2D eigenvalue weighted by Gasteiger charge is -2.09. The average Bonchev–Trinajstić information content (AvgIpc) is 2.18. The van der Waals surface area contributed by atoms with E-state index in [1.54, 1.807) is 12.1 Å². The van der Waals surface area contributed by atoms with Crippen LogP contribution >= 0.6 is 15.9 Å². The molecule has 1 rings (SSSR count). The van der Waals surface area contributed by atoms with Gasteiger partial charge in [0.15, 0.2) is 0 Å². The van der Waals surface area contributed by atoms with Crippen molar-refractivity contribution in [1.82, 2.24) is 0 Å². The highest BCUT2D eigenvalue weighted by molar-refractivity contribution is 9.10. The lowest BCUT2D eigenvalue weighted by molar-refractivity contribution is 0.0698. The lowest BCUT2D eigenvalue weighted by Crippen LogP contribution is -2.08. The first kappa shape index (κ1) is 12.0. The minimum Gasteiger partial charge on any atom is -0.478 e. The fourth-order valence-electron chi connectivity index (χ4n) is 1.15. The van der Waals surface area contributed by atoms with Crippen LogP contribution in [0.25, 0.3) is 0 Å². The van der Waals surface area contributed by atoms with Gasteiger partial charge in [-0.2, -0.15) is 0 Å². The molecule has 0 saturated carbocycles. The zero-order valence-electron chi connectivity index (χ0n) is 8.03. The molecule has 0 amide bonds. The van der Waals surface area contributed by atoms with Gasteiger partial charge in [0.1, 0.15) is 0 Å². The van der Waals surface area contributed by atoms with E-state index in [0.29, 0.717) is 18.7 Å². The van der Waals surface area contributed by atoms with E-state index in [0.717, 1.165) is 4.47 Å². The molecule has 3 N–H and O–H groups in total. The van der Waals surface area contributed by atoms with E-state index in [1.165, 1.54) is 6.07 Å². The Morgan fingerprint density at radius 1 is 1.47 bits per heavy atom. The van der Waals surface area contributed by atoms with Crippen molar-refractivity contribution < 1.29 is 15.0 Å². The number of anilines is 1. The average molecular weight is 274 g/mol. The summed E-state index contributed by atoms with van der Waals surface area (Å²) in [6, 6.07) is 4.93. The summed E-state index contributed by atoms with van der Waals surface area (Å²) in [5, 5.41) is 20.5. The number of carbonyl (C=O) groups is 1. The highest BCUT2D eigenvalue weighted by atomic mass is 79.9. The van der Waals surface area contributed by atoms with Gasteiger partial charge in [-0.3, -0.25) is 0 Å². The summed E-state index contributed by atoms with van der Waals surface area (Å²) < 4.78 is 0.819. The largest absolute Gasteiger partial charge is 0.478 e. The van der Waals surface area contributed by atoms with Crippen molar-refractivity contribution >= 4 is 27.6 Å². The van der Waals surface area contributed by atoms with Gasteiger partial charge in [0.05, 0.1) is 5.56 Å². The lowest BCUT2D eigenvalue weighted by atomic mass is 10.2. The molecule has 0 aromatic heterocycles. The van der Waals surface area contributed by atoms with Crippen molar-refractivity contribution in [2.45, 2.75) is 6.42 Å². The maximum atomic E-state index is 10.9. The molecule has 0 atom stereocenters. The predicted molar refractivity (Wildman–Crippen MR) is 61.3 cm³/mol. The summed E-state index contributed by atoms with van der Waals surface area (Å²) in [7, 11) is 0. The van der Waals surface area contributed by atoms with Crippen LogP contribution in [0.15, 0.2) is 22.7 Å². The predicted octanol–water partition coefficient (Wildman–Crippen LogP) is 1.94. The van der Waals surface area contributed by atoms with Crippen LogP contribution in [0.4, 0.5) is 5.69 Å². The summed E-state index contributed by atoms with van der Waals surface area (Å²) in [6.07, 6.45) is 0.589. The number of halogens is 1. The van der Waals surface area contributed by atoms with Crippen LogP contribution < -0.4 is 5.32 Å². The smallest absolute Gasteiger partial charge is 0.337 e. The number of carboxylic acid groups (broad SMARTS) is 1. The highest BCUT2D eigenvalue weighted by Gasteiger charge is 2.09. The van der Waals surface area contributed by atoms with Crippen molar-refractivity contribution in [3.63, 3.8) is 0 Å². The van der Waals surface area contributed by atoms with Gasteiger partial charge >= 0.3 is 5.97 Å². The molecule has 1 aromatic rings. The molecule has 1 aromatic carbocycles. The Labute approximate surface area is 96.1 Å². The van der Waals surface area contributed by atoms with Gasteiger partial charge in [-0.05, 0) is 24.6 Å².